The van der Waals surface area contributed by atoms with Crippen LogP contribution in [0, 0.1) is 0 Å². The molecule has 0 saturated carbocycles. The van der Waals surface area contributed by atoms with Gasteiger partial charge >= 0.3 is 5.63 Å². The van der Waals surface area contributed by atoms with Gasteiger partial charge in [-0.1, -0.05) is 0 Å². The van der Waals surface area contributed by atoms with Crippen molar-refractivity contribution in [3.63, 3.8) is 0 Å². The van der Waals surface area contributed by atoms with Crippen molar-refractivity contribution in [3.05, 3.63) is 64.5 Å². The van der Waals surface area contributed by atoms with E-state index in [0.29, 0.717) is 34.8 Å². The van der Waals surface area contributed by atoms with E-state index in [0.717, 1.165) is 0 Å². The van der Waals surface area contributed by atoms with E-state index in [-0.39, 0.29) is 5.56 Å². The lowest BCUT2D eigenvalue weighted by atomic mass is 10.1. The predicted molar refractivity (Wildman–Crippen MR) is 94.6 cm³/mol. The molecule has 3 rings (SSSR count). The molecule has 6 heteroatoms. The topological polar surface area (TPSA) is 77.8 Å². The number of hydrogen-bond donors (Lipinski definition) is 1. The summed E-state index contributed by atoms with van der Waals surface area (Å²) in [5.41, 5.74) is 0.178. The standard InChI is InChI=1S/C19H17NO5/c1-3-24-14-6-4-13(5-7-14)20-18(21)16-11-12-10-15(23-2)8-9-17(12)25-19(16)22/h4-11H,3H2,1-2H3,(H,20,21). The van der Waals surface area contributed by atoms with E-state index in [4.69, 9.17) is 13.9 Å². The molecule has 1 amide bonds. The van der Waals surface area contributed by atoms with E-state index < -0.39 is 11.5 Å². The van der Waals surface area contributed by atoms with Crippen molar-refractivity contribution < 1.29 is 18.7 Å². The fourth-order valence-electron chi connectivity index (χ4n) is 2.39. The average Bonchev–Trinajstić information content (AvgIpc) is 2.62. The molecular formula is C19H17NO5. The Morgan fingerprint density at radius 3 is 2.48 bits per heavy atom. The van der Waals surface area contributed by atoms with Crippen LogP contribution < -0.4 is 20.4 Å². The van der Waals surface area contributed by atoms with Gasteiger partial charge in [0.25, 0.3) is 5.91 Å². The van der Waals surface area contributed by atoms with Gasteiger partial charge in [-0.15, -0.1) is 0 Å². The first-order valence-corrected chi connectivity index (χ1v) is 7.77. The van der Waals surface area contributed by atoms with Crippen LogP contribution in [0.25, 0.3) is 11.0 Å². The third-order valence-electron chi connectivity index (χ3n) is 3.61. The lowest BCUT2D eigenvalue weighted by Gasteiger charge is -2.07. The molecule has 0 spiro atoms. The lowest BCUT2D eigenvalue weighted by molar-refractivity contribution is 0.102. The van der Waals surface area contributed by atoms with Crippen molar-refractivity contribution in [1.29, 1.82) is 0 Å². The Hall–Kier alpha value is -3.28. The first kappa shape index (κ1) is 16.6. The molecule has 0 aliphatic rings. The van der Waals surface area contributed by atoms with Crippen LogP contribution in [0.3, 0.4) is 0 Å². The molecule has 1 N–H and O–H groups in total. The Morgan fingerprint density at radius 1 is 1.08 bits per heavy atom. The van der Waals surface area contributed by atoms with Gasteiger partial charge < -0.3 is 19.2 Å². The van der Waals surface area contributed by atoms with Crippen LogP contribution in [0.1, 0.15) is 17.3 Å². The highest BCUT2D eigenvalue weighted by Crippen LogP contribution is 2.21. The molecule has 0 fully saturated rings. The Labute approximate surface area is 144 Å². The highest BCUT2D eigenvalue weighted by Gasteiger charge is 2.14. The number of benzene rings is 2. The molecule has 6 nitrogen and oxygen atoms in total. The van der Waals surface area contributed by atoms with Crippen molar-refractivity contribution in [2.75, 3.05) is 19.0 Å². The summed E-state index contributed by atoms with van der Waals surface area (Å²) in [5.74, 6) is 0.777. The van der Waals surface area contributed by atoms with Gasteiger partial charge in [0.05, 0.1) is 13.7 Å². The van der Waals surface area contributed by atoms with Crippen LogP contribution in [0.15, 0.2) is 57.7 Å². The number of hydrogen-bond acceptors (Lipinski definition) is 5. The molecule has 25 heavy (non-hydrogen) atoms. The molecular weight excluding hydrogens is 322 g/mol. The number of carbonyl (C=O) groups is 1. The molecule has 2 aromatic carbocycles. The summed E-state index contributed by atoms with van der Waals surface area (Å²) in [6, 6.07) is 13.4. The third kappa shape index (κ3) is 3.63. The molecule has 0 bridgehead atoms. The number of nitrogens with one attached hydrogen (secondary N) is 1. The van der Waals surface area contributed by atoms with Crippen LogP contribution in [-0.4, -0.2) is 19.6 Å². The minimum Gasteiger partial charge on any atom is -0.497 e. The highest BCUT2D eigenvalue weighted by atomic mass is 16.5. The smallest absolute Gasteiger partial charge is 0.349 e. The average molecular weight is 339 g/mol. The van der Waals surface area contributed by atoms with Crippen molar-refractivity contribution in [2.24, 2.45) is 0 Å². The van der Waals surface area contributed by atoms with Crippen molar-refractivity contribution in [2.45, 2.75) is 6.92 Å². The van der Waals surface area contributed by atoms with Crippen LogP contribution in [0.2, 0.25) is 0 Å². The molecule has 0 unspecified atom stereocenters. The number of ether oxygens (including phenoxy) is 2. The number of carbonyl (C=O) groups excluding carboxylic acids is 1. The monoisotopic (exact) mass is 339 g/mol. The number of amides is 1. The van der Waals surface area contributed by atoms with Crippen LogP contribution in [0.4, 0.5) is 5.69 Å². The predicted octanol–water partition coefficient (Wildman–Crippen LogP) is 3.45. The van der Waals surface area contributed by atoms with Gasteiger partial charge in [-0.25, -0.2) is 4.79 Å². The second kappa shape index (κ2) is 7.09. The second-order valence-electron chi connectivity index (χ2n) is 5.26. The molecule has 0 saturated heterocycles. The summed E-state index contributed by atoms with van der Waals surface area (Å²) in [5, 5.41) is 3.28. The fourth-order valence-corrected chi connectivity index (χ4v) is 2.39. The van der Waals surface area contributed by atoms with Gasteiger partial charge in [-0.05, 0) is 55.5 Å². The third-order valence-corrected chi connectivity index (χ3v) is 3.61. The molecule has 1 heterocycles. The largest absolute Gasteiger partial charge is 0.497 e. The highest BCUT2D eigenvalue weighted by molar-refractivity contribution is 6.05. The SMILES string of the molecule is CCOc1ccc(NC(=O)c2cc3cc(OC)ccc3oc2=O)cc1. The summed E-state index contributed by atoms with van der Waals surface area (Å²) < 4.78 is 15.7. The van der Waals surface area contributed by atoms with Crippen LogP contribution in [0.5, 0.6) is 11.5 Å². The molecule has 3 aromatic rings. The van der Waals surface area contributed by atoms with E-state index in [1.54, 1.807) is 49.6 Å². The van der Waals surface area contributed by atoms with Crippen molar-refractivity contribution in [3.8, 4) is 11.5 Å². The molecule has 0 aliphatic heterocycles. The Balaban J connectivity index is 1.88. The van der Waals surface area contributed by atoms with E-state index in [2.05, 4.69) is 5.32 Å². The lowest BCUT2D eigenvalue weighted by Crippen LogP contribution is -2.20. The molecule has 0 atom stereocenters. The molecule has 0 radical (unpaired) electrons. The maximum absolute atomic E-state index is 12.4. The Kier molecular flexibility index (Phi) is 4.70. The van der Waals surface area contributed by atoms with Gasteiger partial charge in [0, 0.05) is 11.1 Å². The summed E-state index contributed by atoms with van der Waals surface area (Å²) in [7, 11) is 1.54. The molecule has 0 aliphatic carbocycles. The maximum atomic E-state index is 12.4. The van der Waals surface area contributed by atoms with Gasteiger partial charge in [-0.2, -0.15) is 0 Å². The quantitative estimate of drug-likeness (QED) is 0.720. The first-order chi connectivity index (χ1) is 12.1. The second-order valence-corrected chi connectivity index (χ2v) is 5.26. The molecule has 128 valence electrons. The van der Waals surface area contributed by atoms with E-state index in [1.807, 2.05) is 6.92 Å². The van der Waals surface area contributed by atoms with E-state index in [1.165, 1.54) is 6.07 Å². The van der Waals surface area contributed by atoms with E-state index >= 15 is 0 Å². The Bertz CT molecular complexity index is 960. The van der Waals surface area contributed by atoms with Crippen LogP contribution in [-0.2, 0) is 0 Å². The molecule has 1 aromatic heterocycles. The zero-order chi connectivity index (χ0) is 17.8. The van der Waals surface area contributed by atoms with Gasteiger partial charge in [0.1, 0.15) is 22.6 Å². The van der Waals surface area contributed by atoms with Crippen molar-refractivity contribution in [1.82, 2.24) is 0 Å². The van der Waals surface area contributed by atoms with Crippen molar-refractivity contribution >= 4 is 22.6 Å². The summed E-state index contributed by atoms with van der Waals surface area (Å²) in [4.78, 5) is 24.5. The van der Waals surface area contributed by atoms with Gasteiger partial charge in [-0.3, -0.25) is 4.79 Å². The van der Waals surface area contributed by atoms with Gasteiger partial charge in [0.15, 0.2) is 0 Å². The van der Waals surface area contributed by atoms with Gasteiger partial charge in [0.2, 0.25) is 0 Å². The minimum atomic E-state index is -0.693. The zero-order valence-electron chi connectivity index (χ0n) is 13.9. The number of anilines is 1. The Morgan fingerprint density at radius 2 is 1.80 bits per heavy atom. The number of rotatable bonds is 5. The summed E-state index contributed by atoms with van der Waals surface area (Å²) in [6.07, 6.45) is 0. The number of methoxy groups -OCH3 is 1. The fraction of sp³-hybridized carbons (Fsp3) is 0.158. The maximum Gasteiger partial charge on any atom is 0.349 e. The normalized spacial score (nSPS) is 10.5. The zero-order valence-corrected chi connectivity index (χ0v) is 13.9. The summed E-state index contributed by atoms with van der Waals surface area (Å²) in [6.45, 7) is 2.46. The van der Waals surface area contributed by atoms with E-state index in [9.17, 15) is 9.59 Å². The number of fused-ring (bicyclic) bond motifs is 1. The van der Waals surface area contributed by atoms with Crippen LogP contribution >= 0.6 is 0 Å². The summed E-state index contributed by atoms with van der Waals surface area (Å²) >= 11 is 0. The minimum absolute atomic E-state index is 0.0744. The first-order valence-electron chi connectivity index (χ1n) is 7.77.